The molecular weight excluding hydrogens is 208 g/mol. The molecule has 0 radical (unpaired) electrons. The van der Waals surface area contributed by atoms with Gasteiger partial charge in [0.2, 0.25) is 0 Å². The van der Waals surface area contributed by atoms with Crippen LogP contribution in [0.5, 0.6) is 0 Å². The highest BCUT2D eigenvalue weighted by Gasteiger charge is 2.18. The summed E-state index contributed by atoms with van der Waals surface area (Å²) in [7, 11) is 1.96. The Kier molecular flexibility index (Phi) is 2.82. The lowest BCUT2D eigenvalue weighted by molar-refractivity contribution is 0.571. The van der Waals surface area contributed by atoms with E-state index >= 15 is 0 Å². The second kappa shape index (κ2) is 4.02. The first-order chi connectivity index (χ1) is 7.93. The van der Waals surface area contributed by atoms with Gasteiger partial charge < -0.3 is 5.32 Å². The zero-order chi connectivity index (χ0) is 12.6. The summed E-state index contributed by atoms with van der Waals surface area (Å²) in [4.78, 5) is 4.81. The number of hydrogen-bond acceptors (Lipinski definition) is 2. The van der Waals surface area contributed by atoms with Crippen LogP contribution < -0.4 is 5.32 Å². The number of hydrogen-bond donors (Lipinski definition) is 1. The normalized spacial score (nSPS) is 11.8. The van der Waals surface area contributed by atoms with Gasteiger partial charge in [0.1, 0.15) is 0 Å². The first kappa shape index (κ1) is 11.9. The van der Waals surface area contributed by atoms with E-state index in [9.17, 15) is 0 Å². The molecule has 1 aromatic heterocycles. The van der Waals surface area contributed by atoms with Crippen molar-refractivity contribution in [1.82, 2.24) is 4.98 Å². The van der Waals surface area contributed by atoms with Gasteiger partial charge in [-0.15, -0.1) is 0 Å². The molecule has 0 bridgehead atoms. The molecule has 90 valence electrons. The first-order valence-corrected chi connectivity index (χ1v) is 6.02. The van der Waals surface area contributed by atoms with Crippen LogP contribution in [-0.4, -0.2) is 12.0 Å². The van der Waals surface area contributed by atoms with Crippen LogP contribution in [0.15, 0.2) is 24.3 Å². The number of rotatable bonds is 1. The molecule has 1 aromatic carbocycles. The Labute approximate surface area is 103 Å². The molecule has 17 heavy (non-hydrogen) atoms. The Hall–Kier alpha value is -1.57. The van der Waals surface area contributed by atoms with Gasteiger partial charge in [0.15, 0.2) is 0 Å². The molecule has 0 amide bonds. The average molecular weight is 228 g/mol. The van der Waals surface area contributed by atoms with Crippen molar-refractivity contribution in [3.8, 4) is 0 Å². The Morgan fingerprint density at radius 2 is 1.88 bits per heavy atom. The van der Waals surface area contributed by atoms with E-state index in [4.69, 9.17) is 4.98 Å². The van der Waals surface area contributed by atoms with Crippen LogP contribution >= 0.6 is 0 Å². The average Bonchev–Trinajstić information content (AvgIpc) is 2.27. The van der Waals surface area contributed by atoms with E-state index in [1.54, 1.807) is 0 Å². The Balaban J connectivity index is 2.81. The molecule has 0 spiro atoms. The number of benzene rings is 1. The van der Waals surface area contributed by atoms with Gasteiger partial charge in [-0.1, -0.05) is 39.0 Å². The zero-order valence-corrected chi connectivity index (χ0v) is 11.3. The minimum absolute atomic E-state index is 0.0715. The number of pyridine rings is 1. The fraction of sp³-hybridized carbons (Fsp3) is 0.400. The SMILES string of the molecule is CNc1cc(C(C)(C)C)nc2c(C)cccc12. The number of aromatic nitrogens is 1. The molecule has 2 heteroatoms. The molecular formula is C15H20N2. The van der Waals surface area contributed by atoms with Crippen LogP contribution in [0.3, 0.4) is 0 Å². The molecule has 0 unspecified atom stereocenters. The predicted octanol–water partition coefficient (Wildman–Crippen LogP) is 3.88. The van der Waals surface area contributed by atoms with Crippen LogP contribution in [0.1, 0.15) is 32.0 Å². The zero-order valence-electron chi connectivity index (χ0n) is 11.3. The quantitative estimate of drug-likeness (QED) is 0.801. The summed E-state index contributed by atoms with van der Waals surface area (Å²) in [6, 6.07) is 8.47. The van der Waals surface area contributed by atoms with E-state index in [1.807, 2.05) is 7.05 Å². The van der Waals surface area contributed by atoms with Crippen molar-refractivity contribution in [3.63, 3.8) is 0 Å². The summed E-state index contributed by atoms with van der Waals surface area (Å²) in [6.45, 7) is 8.69. The molecule has 0 fully saturated rings. The van der Waals surface area contributed by atoms with Crippen molar-refractivity contribution >= 4 is 16.6 Å². The number of fused-ring (bicyclic) bond motifs is 1. The summed E-state index contributed by atoms with van der Waals surface area (Å²) >= 11 is 0. The van der Waals surface area contributed by atoms with Gasteiger partial charge in [-0.05, 0) is 18.6 Å². The molecule has 0 aliphatic rings. The van der Waals surface area contributed by atoms with Crippen molar-refractivity contribution < 1.29 is 0 Å². The third kappa shape index (κ3) is 2.12. The van der Waals surface area contributed by atoms with Crippen molar-refractivity contribution in [1.29, 1.82) is 0 Å². The maximum atomic E-state index is 4.81. The van der Waals surface area contributed by atoms with Crippen LogP contribution in [0.25, 0.3) is 10.9 Å². The van der Waals surface area contributed by atoms with Crippen molar-refractivity contribution in [3.05, 3.63) is 35.5 Å². The summed E-state index contributed by atoms with van der Waals surface area (Å²) in [5, 5.41) is 4.46. The molecule has 1 N–H and O–H groups in total. The van der Waals surface area contributed by atoms with Crippen molar-refractivity contribution in [2.75, 3.05) is 12.4 Å². The van der Waals surface area contributed by atoms with E-state index in [-0.39, 0.29) is 5.41 Å². The second-order valence-electron chi connectivity index (χ2n) is 5.53. The van der Waals surface area contributed by atoms with Crippen molar-refractivity contribution in [2.24, 2.45) is 0 Å². The van der Waals surface area contributed by atoms with E-state index < -0.39 is 0 Å². The molecule has 2 nitrogen and oxygen atoms in total. The summed E-state index contributed by atoms with van der Waals surface area (Å²) in [5.74, 6) is 0. The monoisotopic (exact) mass is 228 g/mol. The Morgan fingerprint density at radius 1 is 1.18 bits per heavy atom. The Morgan fingerprint density at radius 3 is 2.47 bits per heavy atom. The van der Waals surface area contributed by atoms with Gasteiger partial charge in [0.05, 0.1) is 5.52 Å². The van der Waals surface area contributed by atoms with Crippen LogP contribution in [0.4, 0.5) is 5.69 Å². The number of para-hydroxylation sites is 1. The fourth-order valence-electron chi connectivity index (χ4n) is 1.98. The highest BCUT2D eigenvalue weighted by Crippen LogP contribution is 2.30. The lowest BCUT2D eigenvalue weighted by Crippen LogP contribution is -2.14. The lowest BCUT2D eigenvalue weighted by atomic mass is 9.90. The third-order valence-corrected chi connectivity index (χ3v) is 3.08. The molecule has 0 atom stereocenters. The summed E-state index contributed by atoms with van der Waals surface area (Å²) in [5.41, 5.74) is 4.68. The maximum Gasteiger partial charge on any atom is 0.0755 e. The molecule has 1 heterocycles. The van der Waals surface area contributed by atoms with Crippen LogP contribution in [0, 0.1) is 6.92 Å². The molecule has 2 rings (SSSR count). The Bertz CT molecular complexity index is 551. The third-order valence-electron chi connectivity index (χ3n) is 3.08. The summed E-state index contributed by atoms with van der Waals surface area (Å²) in [6.07, 6.45) is 0. The molecule has 0 aliphatic heterocycles. The first-order valence-electron chi connectivity index (χ1n) is 6.02. The fourth-order valence-corrected chi connectivity index (χ4v) is 1.98. The van der Waals surface area contributed by atoms with E-state index in [1.165, 1.54) is 10.9 Å². The molecule has 0 aliphatic carbocycles. The van der Waals surface area contributed by atoms with Crippen LogP contribution in [-0.2, 0) is 5.41 Å². The minimum atomic E-state index is 0.0715. The maximum absolute atomic E-state index is 4.81. The van der Waals surface area contributed by atoms with Gasteiger partial charge in [0.25, 0.3) is 0 Å². The van der Waals surface area contributed by atoms with E-state index in [0.717, 1.165) is 16.9 Å². The van der Waals surface area contributed by atoms with Gasteiger partial charge in [-0.25, -0.2) is 0 Å². The summed E-state index contributed by atoms with van der Waals surface area (Å²) < 4.78 is 0. The van der Waals surface area contributed by atoms with Gasteiger partial charge in [0, 0.05) is 29.2 Å². The molecule has 0 saturated carbocycles. The lowest BCUT2D eigenvalue weighted by Gasteiger charge is -2.20. The van der Waals surface area contributed by atoms with E-state index in [2.05, 4.69) is 57.3 Å². The second-order valence-corrected chi connectivity index (χ2v) is 5.53. The van der Waals surface area contributed by atoms with Gasteiger partial charge >= 0.3 is 0 Å². The number of aryl methyl sites for hydroxylation is 1. The number of anilines is 1. The van der Waals surface area contributed by atoms with Crippen LogP contribution in [0.2, 0.25) is 0 Å². The van der Waals surface area contributed by atoms with Gasteiger partial charge in [-0.2, -0.15) is 0 Å². The standard InChI is InChI=1S/C15H20N2/c1-10-7-6-8-11-12(16-5)9-13(15(2,3)4)17-14(10)11/h6-9H,1-5H3,(H,16,17). The number of nitrogens with one attached hydrogen (secondary N) is 1. The highest BCUT2D eigenvalue weighted by atomic mass is 14.8. The van der Waals surface area contributed by atoms with Gasteiger partial charge in [-0.3, -0.25) is 4.98 Å². The predicted molar refractivity (Wildman–Crippen MR) is 74.7 cm³/mol. The smallest absolute Gasteiger partial charge is 0.0755 e. The topological polar surface area (TPSA) is 24.9 Å². The largest absolute Gasteiger partial charge is 0.388 e. The molecule has 2 aromatic rings. The molecule has 0 saturated heterocycles. The van der Waals surface area contributed by atoms with E-state index in [0.29, 0.717) is 0 Å². The highest BCUT2D eigenvalue weighted by molar-refractivity contribution is 5.93. The minimum Gasteiger partial charge on any atom is -0.388 e. The number of nitrogens with zero attached hydrogens (tertiary/aromatic N) is 1. The van der Waals surface area contributed by atoms with Crippen molar-refractivity contribution in [2.45, 2.75) is 33.1 Å².